The SMILES string of the molecule is O=C(c1c(Cl)cccc1[N+](=O)[O-])N1CCOC(CCl)C1. The molecule has 0 spiro atoms. The molecule has 1 heterocycles. The first-order valence-corrected chi connectivity index (χ1v) is 6.85. The maximum atomic E-state index is 12.4. The average Bonchev–Trinajstić information content (AvgIpc) is 2.46. The highest BCUT2D eigenvalue weighted by Crippen LogP contribution is 2.28. The monoisotopic (exact) mass is 318 g/mol. The smallest absolute Gasteiger partial charge is 0.283 e. The minimum absolute atomic E-state index is 0.0677. The summed E-state index contributed by atoms with van der Waals surface area (Å²) in [6.45, 7) is 1.00. The number of amides is 1. The van der Waals surface area contributed by atoms with E-state index in [1.165, 1.54) is 23.1 Å². The molecule has 1 aromatic rings. The zero-order chi connectivity index (χ0) is 14.7. The summed E-state index contributed by atoms with van der Waals surface area (Å²) in [7, 11) is 0. The van der Waals surface area contributed by atoms with Crippen LogP contribution in [-0.2, 0) is 4.74 Å². The van der Waals surface area contributed by atoms with E-state index >= 15 is 0 Å². The van der Waals surface area contributed by atoms with Crippen LogP contribution in [0.5, 0.6) is 0 Å². The summed E-state index contributed by atoms with van der Waals surface area (Å²) in [5, 5.41) is 11.1. The number of hydrogen-bond donors (Lipinski definition) is 0. The second-order valence-corrected chi connectivity index (χ2v) is 5.01. The number of hydrogen-bond acceptors (Lipinski definition) is 4. The summed E-state index contributed by atoms with van der Waals surface area (Å²) in [5.74, 6) is -0.213. The number of nitro groups is 1. The molecule has 20 heavy (non-hydrogen) atoms. The van der Waals surface area contributed by atoms with Gasteiger partial charge in [-0.15, -0.1) is 11.6 Å². The largest absolute Gasteiger partial charge is 0.373 e. The number of nitro benzene ring substituents is 1. The molecular formula is C12H12Cl2N2O4. The second-order valence-electron chi connectivity index (χ2n) is 4.29. The van der Waals surface area contributed by atoms with Crippen molar-refractivity contribution in [2.45, 2.75) is 6.10 Å². The highest BCUT2D eigenvalue weighted by Gasteiger charge is 2.30. The van der Waals surface area contributed by atoms with Gasteiger partial charge in [0.25, 0.3) is 11.6 Å². The van der Waals surface area contributed by atoms with Gasteiger partial charge in [0.05, 0.1) is 28.5 Å². The predicted octanol–water partition coefficient (Wildman–Crippen LogP) is 2.33. The van der Waals surface area contributed by atoms with Crippen LogP contribution >= 0.6 is 23.2 Å². The van der Waals surface area contributed by atoms with Crippen molar-refractivity contribution in [1.29, 1.82) is 0 Å². The van der Waals surface area contributed by atoms with E-state index in [0.717, 1.165) is 0 Å². The van der Waals surface area contributed by atoms with E-state index < -0.39 is 10.8 Å². The normalized spacial score (nSPS) is 18.9. The third-order valence-corrected chi connectivity index (χ3v) is 3.66. The maximum Gasteiger partial charge on any atom is 0.283 e. The van der Waals surface area contributed by atoms with Gasteiger partial charge in [-0.2, -0.15) is 0 Å². The summed E-state index contributed by atoms with van der Waals surface area (Å²) < 4.78 is 5.36. The Morgan fingerprint density at radius 1 is 1.55 bits per heavy atom. The van der Waals surface area contributed by atoms with Gasteiger partial charge >= 0.3 is 0 Å². The summed E-state index contributed by atoms with van der Waals surface area (Å²) in [6, 6.07) is 4.16. The fourth-order valence-electron chi connectivity index (χ4n) is 2.03. The Morgan fingerprint density at radius 2 is 2.30 bits per heavy atom. The number of halogens is 2. The van der Waals surface area contributed by atoms with E-state index in [-0.39, 0.29) is 28.3 Å². The van der Waals surface area contributed by atoms with Crippen LogP contribution in [0.4, 0.5) is 5.69 Å². The molecular weight excluding hydrogens is 307 g/mol. The molecule has 8 heteroatoms. The lowest BCUT2D eigenvalue weighted by Crippen LogP contribution is -2.46. The first-order chi connectivity index (χ1) is 9.54. The van der Waals surface area contributed by atoms with E-state index in [4.69, 9.17) is 27.9 Å². The van der Waals surface area contributed by atoms with Crippen molar-refractivity contribution in [2.24, 2.45) is 0 Å². The van der Waals surface area contributed by atoms with Crippen LogP contribution in [0.15, 0.2) is 18.2 Å². The Balaban J connectivity index is 2.31. The Hall–Kier alpha value is -1.37. The number of ether oxygens (including phenoxy) is 1. The second kappa shape index (κ2) is 6.39. The standard InChI is InChI=1S/C12H12Cl2N2O4/c13-6-8-7-15(4-5-20-8)12(17)11-9(14)2-1-3-10(11)16(18)19/h1-3,8H,4-7H2. The molecule has 1 aromatic carbocycles. The number of carbonyl (C=O) groups is 1. The number of nitrogens with zero attached hydrogens (tertiary/aromatic N) is 2. The molecule has 1 fully saturated rings. The van der Waals surface area contributed by atoms with Crippen molar-refractivity contribution < 1.29 is 14.5 Å². The van der Waals surface area contributed by atoms with Crippen molar-refractivity contribution >= 4 is 34.8 Å². The van der Waals surface area contributed by atoms with Crippen LogP contribution in [0.25, 0.3) is 0 Å². The lowest BCUT2D eigenvalue weighted by molar-refractivity contribution is -0.385. The molecule has 1 amide bonds. The van der Waals surface area contributed by atoms with E-state index in [0.29, 0.717) is 19.7 Å². The van der Waals surface area contributed by atoms with E-state index in [1.807, 2.05) is 0 Å². The van der Waals surface area contributed by atoms with Crippen LogP contribution in [0, 0.1) is 10.1 Å². The molecule has 0 aliphatic carbocycles. The third-order valence-electron chi connectivity index (χ3n) is 3.00. The summed E-state index contributed by atoms with van der Waals surface area (Å²) in [5.41, 5.74) is -0.384. The lowest BCUT2D eigenvalue weighted by Gasteiger charge is -2.32. The predicted molar refractivity (Wildman–Crippen MR) is 74.5 cm³/mol. The van der Waals surface area contributed by atoms with Gasteiger partial charge in [-0.3, -0.25) is 14.9 Å². The number of carbonyl (C=O) groups excluding carboxylic acids is 1. The van der Waals surface area contributed by atoms with Crippen molar-refractivity contribution in [3.05, 3.63) is 38.9 Å². The van der Waals surface area contributed by atoms with Crippen LogP contribution in [0.1, 0.15) is 10.4 Å². The van der Waals surface area contributed by atoms with E-state index in [9.17, 15) is 14.9 Å². The van der Waals surface area contributed by atoms with Gasteiger partial charge < -0.3 is 9.64 Å². The number of rotatable bonds is 3. The van der Waals surface area contributed by atoms with Crippen LogP contribution < -0.4 is 0 Å². The molecule has 1 aliphatic heterocycles. The molecule has 1 unspecified atom stereocenters. The molecule has 2 rings (SSSR count). The van der Waals surface area contributed by atoms with Gasteiger partial charge in [-0.1, -0.05) is 17.7 Å². The van der Waals surface area contributed by atoms with Crippen LogP contribution in [0.3, 0.4) is 0 Å². The zero-order valence-corrected chi connectivity index (χ0v) is 11.9. The average molecular weight is 319 g/mol. The number of benzene rings is 1. The molecule has 1 aliphatic rings. The molecule has 1 atom stereocenters. The van der Waals surface area contributed by atoms with Gasteiger partial charge in [0.15, 0.2) is 0 Å². The first-order valence-electron chi connectivity index (χ1n) is 5.94. The van der Waals surface area contributed by atoms with Crippen molar-refractivity contribution in [2.75, 3.05) is 25.6 Å². The minimum Gasteiger partial charge on any atom is -0.373 e. The third kappa shape index (κ3) is 3.03. The van der Waals surface area contributed by atoms with Crippen LogP contribution in [-0.4, -0.2) is 47.4 Å². The summed E-state index contributed by atoms with van der Waals surface area (Å²) in [4.78, 5) is 24.3. The van der Waals surface area contributed by atoms with Gasteiger partial charge in [0, 0.05) is 19.2 Å². The van der Waals surface area contributed by atoms with Crippen molar-refractivity contribution in [1.82, 2.24) is 4.90 Å². The van der Waals surface area contributed by atoms with Crippen molar-refractivity contribution in [3.8, 4) is 0 Å². The summed E-state index contributed by atoms with van der Waals surface area (Å²) >= 11 is 11.7. The molecule has 6 nitrogen and oxygen atoms in total. The quantitative estimate of drug-likeness (QED) is 0.487. The van der Waals surface area contributed by atoms with E-state index in [2.05, 4.69) is 0 Å². The molecule has 0 radical (unpaired) electrons. The van der Waals surface area contributed by atoms with Gasteiger partial charge in [0.2, 0.25) is 0 Å². The Morgan fingerprint density at radius 3 is 2.95 bits per heavy atom. The fraction of sp³-hybridized carbons (Fsp3) is 0.417. The zero-order valence-electron chi connectivity index (χ0n) is 10.4. The first kappa shape index (κ1) is 15.0. The van der Waals surface area contributed by atoms with E-state index in [1.54, 1.807) is 0 Å². The highest BCUT2D eigenvalue weighted by atomic mass is 35.5. The number of alkyl halides is 1. The minimum atomic E-state index is -0.613. The molecule has 0 bridgehead atoms. The maximum absolute atomic E-state index is 12.4. The Labute approximate surface area is 125 Å². The topological polar surface area (TPSA) is 72.7 Å². The Bertz CT molecular complexity index is 538. The number of morpholine rings is 1. The molecule has 0 aromatic heterocycles. The van der Waals surface area contributed by atoms with Gasteiger partial charge in [-0.05, 0) is 6.07 Å². The van der Waals surface area contributed by atoms with Crippen molar-refractivity contribution in [3.63, 3.8) is 0 Å². The molecule has 0 N–H and O–H groups in total. The lowest BCUT2D eigenvalue weighted by atomic mass is 10.1. The van der Waals surface area contributed by atoms with Crippen LogP contribution in [0.2, 0.25) is 5.02 Å². The van der Waals surface area contributed by atoms with Gasteiger partial charge in [0.1, 0.15) is 5.56 Å². The molecule has 108 valence electrons. The Kier molecular flexibility index (Phi) is 4.80. The highest BCUT2D eigenvalue weighted by molar-refractivity contribution is 6.34. The molecule has 0 saturated carbocycles. The fourth-order valence-corrected chi connectivity index (χ4v) is 2.47. The molecule has 1 saturated heterocycles. The summed E-state index contributed by atoms with van der Waals surface area (Å²) in [6.07, 6.45) is -0.268. The van der Waals surface area contributed by atoms with Gasteiger partial charge in [-0.25, -0.2) is 0 Å².